The van der Waals surface area contributed by atoms with E-state index in [4.69, 9.17) is 5.11 Å². The molecule has 1 unspecified atom stereocenters. The number of carbonyl (C=O) groups is 2. The van der Waals surface area contributed by atoms with Crippen LogP contribution in [0.2, 0.25) is 0 Å². The van der Waals surface area contributed by atoms with E-state index in [9.17, 15) is 9.59 Å². The van der Waals surface area contributed by atoms with E-state index in [-0.39, 0.29) is 24.9 Å². The van der Waals surface area contributed by atoms with Crippen molar-refractivity contribution in [1.29, 1.82) is 0 Å². The van der Waals surface area contributed by atoms with Gasteiger partial charge in [-0.2, -0.15) is 0 Å². The maximum absolute atomic E-state index is 11.4. The van der Waals surface area contributed by atoms with Crippen molar-refractivity contribution in [2.45, 2.75) is 26.2 Å². The van der Waals surface area contributed by atoms with Crippen LogP contribution in [0, 0.1) is 6.92 Å². The number of amides is 2. The SMILES string of the molecule is Cc1ccc(C(C)CNC(=O)NCCC(=O)O)cc1. The van der Waals surface area contributed by atoms with E-state index in [2.05, 4.69) is 10.6 Å². The molecule has 0 aliphatic carbocycles. The number of aryl methyl sites for hydroxylation is 1. The Kier molecular flexibility index (Phi) is 5.85. The molecule has 0 aromatic heterocycles. The molecule has 0 fully saturated rings. The fourth-order valence-electron chi connectivity index (χ4n) is 1.60. The van der Waals surface area contributed by atoms with Crippen molar-refractivity contribution >= 4 is 12.0 Å². The molecule has 0 radical (unpaired) electrons. The van der Waals surface area contributed by atoms with E-state index in [1.54, 1.807) is 0 Å². The molecule has 5 heteroatoms. The van der Waals surface area contributed by atoms with Crippen LogP contribution in [0.3, 0.4) is 0 Å². The van der Waals surface area contributed by atoms with Gasteiger partial charge >= 0.3 is 12.0 Å². The molecule has 0 saturated carbocycles. The summed E-state index contributed by atoms with van der Waals surface area (Å²) in [5.41, 5.74) is 2.37. The summed E-state index contributed by atoms with van der Waals surface area (Å²) >= 11 is 0. The molecule has 0 spiro atoms. The molecular weight excluding hydrogens is 244 g/mol. The number of carbonyl (C=O) groups excluding carboxylic acids is 1. The first-order valence-electron chi connectivity index (χ1n) is 6.29. The molecule has 5 nitrogen and oxygen atoms in total. The first kappa shape index (κ1) is 15.0. The molecule has 104 valence electrons. The van der Waals surface area contributed by atoms with Gasteiger partial charge in [0.15, 0.2) is 0 Å². The summed E-state index contributed by atoms with van der Waals surface area (Å²) in [6.45, 7) is 4.72. The van der Waals surface area contributed by atoms with Gasteiger partial charge in [0, 0.05) is 13.1 Å². The molecule has 19 heavy (non-hydrogen) atoms. The van der Waals surface area contributed by atoms with Gasteiger partial charge in [0.2, 0.25) is 0 Å². The molecule has 0 saturated heterocycles. The van der Waals surface area contributed by atoms with Crippen LogP contribution in [-0.2, 0) is 4.79 Å². The van der Waals surface area contributed by atoms with Gasteiger partial charge in [-0.25, -0.2) is 4.79 Å². The normalized spacial score (nSPS) is 11.7. The van der Waals surface area contributed by atoms with Gasteiger partial charge in [0.25, 0.3) is 0 Å². The van der Waals surface area contributed by atoms with Crippen LogP contribution in [0.15, 0.2) is 24.3 Å². The van der Waals surface area contributed by atoms with E-state index in [1.807, 2.05) is 38.1 Å². The van der Waals surface area contributed by atoms with Crippen LogP contribution in [0.4, 0.5) is 4.79 Å². The summed E-state index contributed by atoms with van der Waals surface area (Å²) < 4.78 is 0. The first-order valence-corrected chi connectivity index (χ1v) is 6.29. The van der Waals surface area contributed by atoms with Crippen molar-refractivity contribution in [3.05, 3.63) is 35.4 Å². The predicted molar refractivity (Wildman–Crippen MR) is 73.2 cm³/mol. The Hall–Kier alpha value is -2.04. The number of carboxylic acid groups (broad SMARTS) is 1. The Morgan fingerprint density at radius 2 is 1.84 bits per heavy atom. The number of aliphatic carboxylic acids is 1. The Bertz CT molecular complexity index is 429. The molecule has 1 aromatic carbocycles. The monoisotopic (exact) mass is 264 g/mol. The van der Waals surface area contributed by atoms with Crippen LogP contribution < -0.4 is 10.6 Å². The molecule has 1 rings (SSSR count). The second kappa shape index (κ2) is 7.41. The van der Waals surface area contributed by atoms with Crippen LogP contribution in [-0.4, -0.2) is 30.2 Å². The van der Waals surface area contributed by atoms with E-state index in [0.29, 0.717) is 6.54 Å². The quantitative estimate of drug-likeness (QED) is 0.734. The summed E-state index contributed by atoms with van der Waals surface area (Å²) in [6.07, 6.45) is -0.0685. The van der Waals surface area contributed by atoms with Crippen molar-refractivity contribution < 1.29 is 14.7 Å². The number of rotatable bonds is 6. The van der Waals surface area contributed by atoms with E-state index in [1.165, 1.54) is 5.56 Å². The summed E-state index contributed by atoms with van der Waals surface area (Å²) in [7, 11) is 0. The van der Waals surface area contributed by atoms with Crippen molar-refractivity contribution in [3.8, 4) is 0 Å². The molecule has 0 aliphatic heterocycles. The fourth-order valence-corrected chi connectivity index (χ4v) is 1.60. The molecule has 0 aliphatic rings. The third-order valence-electron chi connectivity index (χ3n) is 2.84. The Morgan fingerprint density at radius 3 is 2.42 bits per heavy atom. The standard InChI is InChI=1S/C14H20N2O3/c1-10-3-5-12(6-4-10)11(2)9-16-14(19)15-8-7-13(17)18/h3-6,11H,7-9H2,1-2H3,(H,17,18)(H2,15,16,19). The molecule has 0 heterocycles. The molecule has 1 atom stereocenters. The van der Waals surface area contributed by atoms with Crippen molar-refractivity contribution in [2.75, 3.05) is 13.1 Å². The highest BCUT2D eigenvalue weighted by molar-refractivity contribution is 5.75. The molecule has 2 amide bonds. The zero-order valence-electron chi connectivity index (χ0n) is 11.3. The van der Waals surface area contributed by atoms with Gasteiger partial charge in [-0.1, -0.05) is 36.8 Å². The minimum Gasteiger partial charge on any atom is -0.481 e. The predicted octanol–water partition coefficient (Wildman–Crippen LogP) is 1.87. The molecule has 1 aromatic rings. The lowest BCUT2D eigenvalue weighted by molar-refractivity contribution is -0.136. The first-order chi connectivity index (χ1) is 8.99. The average molecular weight is 264 g/mol. The number of carboxylic acids is 1. The second-order valence-electron chi connectivity index (χ2n) is 4.59. The van der Waals surface area contributed by atoms with Crippen LogP contribution >= 0.6 is 0 Å². The second-order valence-corrected chi connectivity index (χ2v) is 4.59. The van der Waals surface area contributed by atoms with E-state index in [0.717, 1.165) is 5.56 Å². The number of hydrogen-bond donors (Lipinski definition) is 3. The average Bonchev–Trinajstić information content (AvgIpc) is 2.36. The Balaban J connectivity index is 2.29. The van der Waals surface area contributed by atoms with Crippen molar-refractivity contribution in [3.63, 3.8) is 0 Å². The smallest absolute Gasteiger partial charge is 0.314 e. The van der Waals surface area contributed by atoms with Gasteiger partial charge < -0.3 is 15.7 Å². The highest BCUT2D eigenvalue weighted by Gasteiger charge is 2.07. The topological polar surface area (TPSA) is 78.4 Å². The zero-order valence-corrected chi connectivity index (χ0v) is 11.3. The van der Waals surface area contributed by atoms with Crippen LogP contribution in [0.1, 0.15) is 30.4 Å². The Labute approximate surface area is 113 Å². The highest BCUT2D eigenvalue weighted by Crippen LogP contribution is 2.14. The van der Waals surface area contributed by atoms with Gasteiger partial charge in [-0.3, -0.25) is 4.79 Å². The molecule has 0 bridgehead atoms. The summed E-state index contributed by atoms with van der Waals surface area (Å²) in [4.78, 5) is 21.7. The number of hydrogen-bond acceptors (Lipinski definition) is 2. The summed E-state index contributed by atoms with van der Waals surface area (Å²) in [6, 6.07) is 7.84. The van der Waals surface area contributed by atoms with Crippen molar-refractivity contribution in [1.82, 2.24) is 10.6 Å². The van der Waals surface area contributed by atoms with Gasteiger partial charge in [0.05, 0.1) is 6.42 Å². The summed E-state index contributed by atoms with van der Waals surface area (Å²) in [5, 5.41) is 13.7. The van der Waals surface area contributed by atoms with Crippen LogP contribution in [0.5, 0.6) is 0 Å². The maximum atomic E-state index is 11.4. The zero-order chi connectivity index (χ0) is 14.3. The number of urea groups is 1. The van der Waals surface area contributed by atoms with E-state index >= 15 is 0 Å². The van der Waals surface area contributed by atoms with Gasteiger partial charge in [-0.05, 0) is 18.4 Å². The lowest BCUT2D eigenvalue weighted by Gasteiger charge is -2.13. The fraction of sp³-hybridized carbons (Fsp3) is 0.429. The van der Waals surface area contributed by atoms with E-state index < -0.39 is 5.97 Å². The number of nitrogens with one attached hydrogen (secondary N) is 2. The maximum Gasteiger partial charge on any atom is 0.314 e. The van der Waals surface area contributed by atoms with Crippen LogP contribution in [0.25, 0.3) is 0 Å². The minimum absolute atomic E-state index is 0.0685. The third kappa shape index (κ3) is 5.90. The molecule has 3 N–H and O–H groups in total. The number of benzene rings is 1. The molecular formula is C14H20N2O3. The third-order valence-corrected chi connectivity index (χ3v) is 2.84. The summed E-state index contributed by atoms with van der Waals surface area (Å²) in [5.74, 6) is -0.709. The van der Waals surface area contributed by atoms with Gasteiger partial charge in [-0.15, -0.1) is 0 Å². The van der Waals surface area contributed by atoms with Crippen molar-refractivity contribution in [2.24, 2.45) is 0 Å². The largest absolute Gasteiger partial charge is 0.481 e. The van der Waals surface area contributed by atoms with Gasteiger partial charge in [0.1, 0.15) is 0 Å². The lowest BCUT2D eigenvalue weighted by atomic mass is 10.0. The Morgan fingerprint density at radius 1 is 1.21 bits per heavy atom. The lowest BCUT2D eigenvalue weighted by Crippen LogP contribution is -2.38. The highest BCUT2D eigenvalue weighted by atomic mass is 16.4. The minimum atomic E-state index is -0.923.